The van der Waals surface area contributed by atoms with E-state index in [2.05, 4.69) is 6.58 Å². The van der Waals surface area contributed by atoms with Gasteiger partial charge in [-0.25, -0.2) is 9.59 Å². The molecule has 6 nitrogen and oxygen atoms in total. The first kappa shape index (κ1) is 17.3. The number of carboxylic acids is 1. The van der Waals surface area contributed by atoms with E-state index >= 15 is 0 Å². The molecule has 0 saturated carbocycles. The summed E-state index contributed by atoms with van der Waals surface area (Å²) in [5.74, 6) is -1.07. The average molecular weight is 306 g/mol. The van der Waals surface area contributed by atoms with Crippen LogP contribution in [0.3, 0.4) is 0 Å². The quantitative estimate of drug-likeness (QED) is 0.587. The maximum Gasteiger partial charge on any atom is 0.338 e. The van der Waals surface area contributed by atoms with Gasteiger partial charge in [-0.15, -0.1) is 0 Å². The lowest BCUT2D eigenvalue weighted by molar-refractivity contribution is 0.0195. The summed E-state index contributed by atoms with van der Waals surface area (Å²) in [5.41, 5.74) is 0.385. The van der Waals surface area contributed by atoms with Crippen molar-refractivity contribution in [1.82, 2.24) is 0 Å². The number of rotatable bonds is 8. The molecule has 1 N–H and O–H groups in total. The number of hydrogen-bond acceptors (Lipinski definition) is 5. The van der Waals surface area contributed by atoms with E-state index in [9.17, 15) is 9.59 Å². The molecule has 6 heteroatoms. The molecular weight excluding hydrogens is 288 g/mol. The maximum absolute atomic E-state index is 11.8. The van der Waals surface area contributed by atoms with Gasteiger partial charge < -0.3 is 19.3 Å². The molecule has 0 heterocycles. The molecule has 1 aromatic rings. The molecule has 0 saturated heterocycles. The van der Waals surface area contributed by atoms with Crippen LogP contribution >= 0.6 is 0 Å². The molecule has 0 radical (unpaired) electrons. The lowest BCUT2D eigenvalue weighted by atomic mass is 10.1. The van der Waals surface area contributed by atoms with Gasteiger partial charge in [-0.1, -0.05) is 6.58 Å². The smallest absolute Gasteiger partial charge is 0.338 e. The van der Waals surface area contributed by atoms with Crippen molar-refractivity contribution in [3.05, 3.63) is 60.3 Å². The van der Waals surface area contributed by atoms with Crippen LogP contribution in [0.15, 0.2) is 49.1 Å². The zero-order valence-electron chi connectivity index (χ0n) is 12.4. The summed E-state index contributed by atoms with van der Waals surface area (Å²) in [7, 11) is 0. The van der Waals surface area contributed by atoms with Crippen molar-refractivity contribution in [1.29, 1.82) is 0 Å². The van der Waals surface area contributed by atoms with Crippen molar-refractivity contribution >= 4 is 11.9 Å². The molecule has 1 aromatic carbocycles. The number of ether oxygens (including phenoxy) is 3. The molecule has 22 heavy (non-hydrogen) atoms. The molecule has 0 fully saturated rings. The van der Waals surface area contributed by atoms with Gasteiger partial charge in [-0.2, -0.15) is 0 Å². The van der Waals surface area contributed by atoms with Gasteiger partial charge in [0.15, 0.2) is 0 Å². The van der Waals surface area contributed by atoms with Crippen LogP contribution in [0, 0.1) is 0 Å². The highest BCUT2D eigenvalue weighted by molar-refractivity contribution is 5.92. The van der Waals surface area contributed by atoms with Gasteiger partial charge in [-0.3, -0.25) is 0 Å². The number of carbonyl (C=O) groups excluding carboxylic acids is 1. The highest BCUT2D eigenvalue weighted by Gasteiger charge is 2.12. The Bertz CT molecular complexity index is 559. The third kappa shape index (κ3) is 5.70. The minimum Gasteiger partial charge on any atom is -0.489 e. The van der Waals surface area contributed by atoms with Crippen molar-refractivity contribution in [2.45, 2.75) is 20.0 Å². The van der Waals surface area contributed by atoms with Gasteiger partial charge in [0.2, 0.25) is 0 Å². The third-order valence-electron chi connectivity index (χ3n) is 2.53. The molecule has 118 valence electrons. The Kier molecular flexibility index (Phi) is 6.69. The van der Waals surface area contributed by atoms with Crippen molar-refractivity contribution in [2.75, 3.05) is 6.61 Å². The van der Waals surface area contributed by atoms with Crippen molar-refractivity contribution in [2.24, 2.45) is 0 Å². The maximum atomic E-state index is 11.8. The van der Waals surface area contributed by atoms with Crippen molar-refractivity contribution < 1.29 is 28.9 Å². The Morgan fingerprint density at radius 1 is 1.27 bits per heavy atom. The Hall–Kier alpha value is -2.76. The number of carboxylic acid groups (broad SMARTS) is 1. The lowest BCUT2D eigenvalue weighted by Gasteiger charge is -2.15. The zero-order valence-corrected chi connectivity index (χ0v) is 12.4. The third-order valence-corrected chi connectivity index (χ3v) is 2.53. The summed E-state index contributed by atoms with van der Waals surface area (Å²) < 4.78 is 15.4. The fourth-order valence-corrected chi connectivity index (χ4v) is 1.55. The van der Waals surface area contributed by atoms with E-state index in [1.54, 1.807) is 13.8 Å². The fourth-order valence-electron chi connectivity index (χ4n) is 1.55. The summed E-state index contributed by atoms with van der Waals surface area (Å²) >= 11 is 0. The first-order valence-electron chi connectivity index (χ1n) is 6.54. The van der Waals surface area contributed by atoms with E-state index < -0.39 is 11.9 Å². The van der Waals surface area contributed by atoms with Crippen LogP contribution in [-0.4, -0.2) is 29.8 Å². The largest absolute Gasteiger partial charge is 0.489 e. The highest BCUT2D eigenvalue weighted by Crippen LogP contribution is 2.08. The van der Waals surface area contributed by atoms with E-state index in [-0.39, 0.29) is 23.8 Å². The first-order chi connectivity index (χ1) is 10.4. The summed E-state index contributed by atoms with van der Waals surface area (Å²) in [4.78, 5) is 22.5. The molecule has 1 unspecified atom stereocenters. The second-order valence-electron chi connectivity index (χ2n) is 4.44. The normalized spacial score (nSPS) is 12.2. The number of aromatic carboxylic acids is 1. The summed E-state index contributed by atoms with van der Waals surface area (Å²) in [5, 5.41) is 8.78. The van der Waals surface area contributed by atoms with Gasteiger partial charge in [0, 0.05) is 0 Å². The summed E-state index contributed by atoms with van der Waals surface area (Å²) in [6.07, 6.45) is 2.29. The van der Waals surface area contributed by atoms with Gasteiger partial charge in [0.05, 0.1) is 17.4 Å². The van der Waals surface area contributed by atoms with Gasteiger partial charge in [0.1, 0.15) is 24.7 Å². The molecule has 0 spiro atoms. The van der Waals surface area contributed by atoms with Gasteiger partial charge >= 0.3 is 11.9 Å². The SMILES string of the molecule is C=COC=C(C)OC(C)COC(=O)c1ccc(C(=O)O)cc1. The van der Waals surface area contributed by atoms with Crippen LogP contribution in [0.1, 0.15) is 34.6 Å². The molecule has 0 amide bonds. The molecule has 0 aliphatic rings. The first-order valence-corrected chi connectivity index (χ1v) is 6.54. The topological polar surface area (TPSA) is 82.1 Å². The van der Waals surface area contributed by atoms with Crippen LogP contribution in [0.25, 0.3) is 0 Å². The second kappa shape index (κ2) is 8.51. The van der Waals surface area contributed by atoms with Crippen LogP contribution in [-0.2, 0) is 14.2 Å². The predicted molar refractivity (Wildman–Crippen MR) is 79.3 cm³/mol. The molecule has 0 aliphatic heterocycles. The minimum atomic E-state index is -1.05. The average Bonchev–Trinajstić information content (AvgIpc) is 2.50. The Balaban J connectivity index is 2.48. The summed E-state index contributed by atoms with van der Waals surface area (Å²) in [6, 6.07) is 5.50. The molecule has 1 rings (SSSR count). The van der Waals surface area contributed by atoms with Gasteiger partial charge in [0.25, 0.3) is 0 Å². The van der Waals surface area contributed by atoms with Crippen LogP contribution in [0.4, 0.5) is 0 Å². The van der Waals surface area contributed by atoms with Crippen LogP contribution < -0.4 is 0 Å². The monoisotopic (exact) mass is 306 g/mol. The zero-order chi connectivity index (χ0) is 16.5. The van der Waals surface area contributed by atoms with E-state index in [1.165, 1.54) is 36.8 Å². The number of carbonyl (C=O) groups is 2. The van der Waals surface area contributed by atoms with Crippen LogP contribution in [0.2, 0.25) is 0 Å². The number of allylic oxidation sites excluding steroid dienone is 1. The van der Waals surface area contributed by atoms with E-state index in [4.69, 9.17) is 19.3 Å². The predicted octanol–water partition coefficient (Wildman–Crippen LogP) is 2.97. The Labute approximate surface area is 128 Å². The Morgan fingerprint density at radius 2 is 1.86 bits per heavy atom. The van der Waals surface area contributed by atoms with Gasteiger partial charge in [-0.05, 0) is 38.1 Å². The molecule has 0 aliphatic carbocycles. The molecule has 0 aromatic heterocycles. The second-order valence-corrected chi connectivity index (χ2v) is 4.44. The van der Waals surface area contributed by atoms with E-state index in [0.29, 0.717) is 5.76 Å². The lowest BCUT2D eigenvalue weighted by Crippen LogP contribution is -2.18. The highest BCUT2D eigenvalue weighted by atomic mass is 16.6. The molecule has 1 atom stereocenters. The van der Waals surface area contributed by atoms with Crippen molar-refractivity contribution in [3.63, 3.8) is 0 Å². The minimum absolute atomic E-state index is 0.0543. The van der Waals surface area contributed by atoms with Crippen molar-refractivity contribution in [3.8, 4) is 0 Å². The number of benzene rings is 1. The number of hydrogen-bond donors (Lipinski definition) is 1. The number of esters is 1. The Morgan fingerprint density at radius 3 is 2.41 bits per heavy atom. The van der Waals surface area contributed by atoms with E-state index in [0.717, 1.165) is 0 Å². The van der Waals surface area contributed by atoms with Crippen LogP contribution in [0.5, 0.6) is 0 Å². The summed E-state index contributed by atoms with van der Waals surface area (Å²) in [6.45, 7) is 6.89. The standard InChI is InChI=1S/C16H18O6/c1-4-20-9-11(2)22-12(3)10-21-16(19)14-7-5-13(6-8-14)15(17)18/h4-9,12H,1,10H2,2-3H3,(H,17,18). The fraction of sp³-hybridized carbons (Fsp3) is 0.250. The molecule has 0 bridgehead atoms. The van der Waals surface area contributed by atoms with E-state index in [1.807, 2.05) is 0 Å². The molecular formula is C16H18O6.